The fourth-order valence-electron chi connectivity index (χ4n) is 2.17. The van der Waals surface area contributed by atoms with Crippen molar-refractivity contribution in [3.8, 4) is 0 Å². The molecule has 1 heterocycles. The molecule has 1 rings (SSSR count). The van der Waals surface area contributed by atoms with Crippen LogP contribution < -0.4 is 16.0 Å². The van der Waals surface area contributed by atoms with Crippen molar-refractivity contribution in [1.29, 1.82) is 0 Å². The van der Waals surface area contributed by atoms with Crippen LogP contribution in [0.1, 0.15) is 32.6 Å². The fourth-order valence-corrected chi connectivity index (χ4v) is 3.24. The molecule has 2 amide bonds. The Morgan fingerprint density at radius 3 is 2.68 bits per heavy atom. The highest BCUT2D eigenvalue weighted by Crippen LogP contribution is 2.09. The highest BCUT2D eigenvalue weighted by atomic mass is 32.2. The second-order valence-corrected chi connectivity index (χ2v) is 6.46. The number of nitrogens with one attached hydrogen (secondary N) is 3. The van der Waals surface area contributed by atoms with Gasteiger partial charge in [0.2, 0.25) is 11.8 Å². The lowest BCUT2D eigenvalue weighted by Gasteiger charge is -2.19. The van der Waals surface area contributed by atoms with Crippen molar-refractivity contribution in [3.05, 3.63) is 0 Å². The SMILES string of the molecule is CC(=O)NC1CCSCC(C(=O)O)NCCCCCNC1=O. The number of thioether (sulfide) groups is 1. The van der Waals surface area contributed by atoms with E-state index < -0.39 is 18.1 Å². The number of rotatable bonds is 2. The van der Waals surface area contributed by atoms with Gasteiger partial charge in [0.15, 0.2) is 0 Å². The predicted molar refractivity (Wildman–Crippen MR) is 85.8 cm³/mol. The molecule has 8 heteroatoms. The lowest BCUT2D eigenvalue weighted by molar-refractivity contribution is -0.138. The molecule has 0 radical (unpaired) electrons. The van der Waals surface area contributed by atoms with Crippen molar-refractivity contribution in [2.75, 3.05) is 24.6 Å². The number of amides is 2. The summed E-state index contributed by atoms with van der Waals surface area (Å²) in [6.07, 6.45) is 3.12. The number of carboxylic acid groups (broad SMARTS) is 1. The third-order valence-corrected chi connectivity index (χ3v) is 4.46. The van der Waals surface area contributed by atoms with E-state index in [2.05, 4.69) is 16.0 Å². The van der Waals surface area contributed by atoms with Gasteiger partial charge in [-0.3, -0.25) is 14.4 Å². The van der Waals surface area contributed by atoms with Gasteiger partial charge in [-0.2, -0.15) is 11.8 Å². The first-order valence-corrected chi connectivity index (χ1v) is 8.75. The van der Waals surface area contributed by atoms with Crippen molar-refractivity contribution in [1.82, 2.24) is 16.0 Å². The average molecular weight is 331 g/mol. The number of hydrogen-bond donors (Lipinski definition) is 4. The van der Waals surface area contributed by atoms with Gasteiger partial charge in [-0.25, -0.2) is 0 Å². The largest absolute Gasteiger partial charge is 0.480 e. The Morgan fingerprint density at radius 2 is 2.00 bits per heavy atom. The second-order valence-electron chi connectivity index (χ2n) is 5.31. The van der Waals surface area contributed by atoms with Gasteiger partial charge in [-0.05, 0) is 31.6 Å². The summed E-state index contributed by atoms with van der Waals surface area (Å²) in [6.45, 7) is 2.63. The van der Waals surface area contributed by atoms with Crippen molar-refractivity contribution in [2.24, 2.45) is 0 Å². The summed E-state index contributed by atoms with van der Waals surface area (Å²) in [4.78, 5) is 34.4. The van der Waals surface area contributed by atoms with Crippen LogP contribution in [0.5, 0.6) is 0 Å². The van der Waals surface area contributed by atoms with Gasteiger partial charge in [0, 0.05) is 19.2 Å². The third kappa shape index (κ3) is 7.65. The van der Waals surface area contributed by atoms with E-state index >= 15 is 0 Å². The Bertz CT molecular complexity index is 392. The molecule has 2 unspecified atom stereocenters. The number of hydrogen-bond acceptors (Lipinski definition) is 5. The highest BCUT2D eigenvalue weighted by Gasteiger charge is 2.21. The van der Waals surface area contributed by atoms with Crippen LogP contribution in [0.3, 0.4) is 0 Å². The summed E-state index contributed by atoms with van der Waals surface area (Å²) in [5.41, 5.74) is 0. The van der Waals surface area contributed by atoms with Crippen LogP contribution in [0.15, 0.2) is 0 Å². The molecule has 126 valence electrons. The minimum Gasteiger partial charge on any atom is -0.480 e. The van der Waals surface area contributed by atoms with E-state index in [1.165, 1.54) is 18.7 Å². The van der Waals surface area contributed by atoms with Gasteiger partial charge >= 0.3 is 5.97 Å². The topological polar surface area (TPSA) is 108 Å². The average Bonchev–Trinajstić information content (AvgIpc) is 2.45. The van der Waals surface area contributed by atoms with Crippen LogP contribution in [0.2, 0.25) is 0 Å². The first-order valence-electron chi connectivity index (χ1n) is 7.59. The Balaban J connectivity index is 2.58. The fraction of sp³-hybridized carbons (Fsp3) is 0.786. The van der Waals surface area contributed by atoms with E-state index in [0.717, 1.165) is 19.3 Å². The maximum atomic E-state index is 12.1. The molecule has 0 saturated carbocycles. The first kappa shape index (κ1) is 18.8. The molecule has 0 bridgehead atoms. The van der Waals surface area contributed by atoms with E-state index in [9.17, 15) is 14.4 Å². The van der Waals surface area contributed by atoms with Gasteiger partial charge in [0.05, 0.1) is 0 Å². The molecule has 0 spiro atoms. The number of carbonyl (C=O) groups excluding carboxylic acids is 2. The van der Waals surface area contributed by atoms with Gasteiger partial charge in [0.25, 0.3) is 0 Å². The molecule has 0 aromatic heterocycles. The molecule has 4 N–H and O–H groups in total. The van der Waals surface area contributed by atoms with Crippen molar-refractivity contribution in [3.63, 3.8) is 0 Å². The molecule has 0 aromatic rings. The summed E-state index contributed by atoms with van der Waals surface area (Å²) < 4.78 is 0. The molecule has 22 heavy (non-hydrogen) atoms. The Kier molecular flexibility index (Phi) is 8.91. The molecule has 7 nitrogen and oxygen atoms in total. The summed E-state index contributed by atoms with van der Waals surface area (Å²) in [7, 11) is 0. The zero-order chi connectivity index (χ0) is 16.4. The normalized spacial score (nSPS) is 25.6. The summed E-state index contributed by atoms with van der Waals surface area (Å²) in [5.74, 6) is -0.194. The van der Waals surface area contributed by atoms with Crippen LogP contribution in [0, 0.1) is 0 Å². The zero-order valence-electron chi connectivity index (χ0n) is 12.9. The van der Waals surface area contributed by atoms with Crippen molar-refractivity contribution >= 4 is 29.5 Å². The quantitative estimate of drug-likeness (QED) is 0.565. The maximum Gasteiger partial charge on any atom is 0.321 e. The monoisotopic (exact) mass is 331 g/mol. The van der Waals surface area contributed by atoms with Crippen LogP contribution in [0.25, 0.3) is 0 Å². The van der Waals surface area contributed by atoms with Crippen molar-refractivity contribution < 1.29 is 19.5 Å². The van der Waals surface area contributed by atoms with E-state index in [4.69, 9.17) is 5.11 Å². The summed E-state index contributed by atoms with van der Waals surface area (Å²) in [6, 6.07) is -1.12. The van der Waals surface area contributed by atoms with E-state index in [1.54, 1.807) is 0 Å². The molecular formula is C14H25N3O4S. The molecule has 1 saturated heterocycles. The Morgan fingerprint density at radius 1 is 1.27 bits per heavy atom. The minimum atomic E-state index is -0.851. The summed E-state index contributed by atoms with van der Waals surface area (Å²) in [5, 5.41) is 17.7. The molecule has 1 aliphatic rings. The van der Waals surface area contributed by atoms with Crippen LogP contribution >= 0.6 is 11.8 Å². The number of carboxylic acids is 1. The molecule has 1 aliphatic heterocycles. The van der Waals surface area contributed by atoms with Crippen LogP contribution in [0.4, 0.5) is 0 Å². The van der Waals surface area contributed by atoms with E-state index in [1.807, 2.05) is 0 Å². The van der Waals surface area contributed by atoms with E-state index in [-0.39, 0.29) is 11.8 Å². The molecule has 2 atom stereocenters. The minimum absolute atomic E-state index is 0.166. The van der Waals surface area contributed by atoms with Crippen LogP contribution in [-0.2, 0) is 14.4 Å². The standard InChI is InChI=1S/C14H25N3O4S/c1-10(18)17-11-5-8-22-9-12(14(20)21)15-6-3-2-4-7-16-13(11)19/h11-12,15H,2-9H2,1H3,(H,16,19)(H,17,18)(H,20,21). The zero-order valence-corrected chi connectivity index (χ0v) is 13.7. The molecule has 1 fully saturated rings. The smallest absolute Gasteiger partial charge is 0.321 e. The van der Waals surface area contributed by atoms with Gasteiger partial charge in [-0.15, -0.1) is 0 Å². The lowest BCUT2D eigenvalue weighted by atomic mass is 10.2. The van der Waals surface area contributed by atoms with Gasteiger partial charge in [0.1, 0.15) is 12.1 Å². The third-order valence-electron chi connectivity index (χ3n) is 3.37. The predicted octanol–water partition coefficient (Wildman–Crippen LogP) is -0.0427. The van der Waals surface area contributed by atoms with E-state index in [0.29, 0.717) is 31.0 Å². The lowest BCUT2D eigenvalue weighted by Crippen LogP contribution is -2.46. The van der Waals surface area contributed by atoms with Gasteiger partial charge in [-0.1, -0.05) is 6.42 Å². The molecule has 0 aromatic carbocycles. The highest BCUT2D eigenvalue weighted by molar-refractivity contribution is 7.99. The van der Waals surface area contributed by atoms with Crippen molar-refractivity contribution in [2.45, 2.75) is 44.7 Å². The number of carbonyl (C=O) groups is 3. The van der Waals surface area contributed by atoms with Crippen LogP contribution in [-0.4, -0.2) is 59.6 Å². The molecular weight excluding hydrogens is 306 g/mol. The Hall–Kier alpha value is -1.28. The first-order chi connectivity index (χ1) is 10.5. The number of aliphatic carboxylic acids is 1. The Labute approximate surface area is 135 Å². The maximum absolute atomic E-state index is 12.1. The van der Waals surface area contributed by atoms with Gasteiger partial charge < -0.3 is 21.1 Å². The second kappa shape index (κ2) is 10.4. The molecule has 0 aliphatic carbocycles. The summed E-state index contributed by atoms with van der Waals surface area (Å²) >= 11 is 1.47.